The van der Waals surface area contributed by atoms with Gasteiger partial charge in [-0.2, -0.15) is 15.1 Å². The number of aliphatic imine (C=N–C) groups is 1. The molecule has 1 saturated heterocycles. The Morgan fingerprint density at radius 3 is 2.64 bits per heavy atom. The molecule has 0 aliphatic carbocycles. The Morgan fingerprint density at radius 1 is 1.14 bits per heavy atom. The summed E-state index contributed by atoms with van der Waals surface area (Å²) in [6.45, 7) is 9.81. The van der Waals surface area contributed by atoms with Crippen molar-refractivity contribution >= 4 is 45.7 Å². The second-order valence-corrected chi connectivity index (χ2v) is 10.6. The van der Waals surface area contributed by atoms with Crippen molar-refractivity contribution in [2.45, 2.75) is 53.4 Å². The van der Waals surface area contributed by atoms with E-state index in [1.807, 2.05) is 30.9 Å². The number of piperidine rings is 1. The van der Waals surface area contributed by atoms with Crippen LogP contribution in [0.25, 0.3) is 11.8 Å². The van der Waals surface area contributed by atoms with Crippen LogP contribution in [0.4, 0.5) is 0 Å². The zero-order valence-corrected chi connectivity index (χ0v) is 21.9. The number of nitrogens with one attached hydrogen (secondary N) is 1. The highest BCUT2D eigenvalue weighted by molar-refractivity contribution is 8.27. The average molecular weight is 503 g/mol. The number of hydrogen-bond acceptors (Lipinski definition) is 5. The minimum Gasteiger partial charge on any atom is -0.342 e. The Labute approximate surface area is 215 Å². The Kier molecular flexibility index (Phi) is 6.42. The molecule has 0 radical (unpaired) electrons. The third-order valence-electron chi connectivity index (χ3n) is 7.09. The zero-order chi connectivity index (χ0) is 25.6. The van der Waals surface area contributed by atoms with Gasteiger partial charge in [-0.15, -0.1) is 0 Å². The Hall–Kier alpha value is -3.46. The lowest BCUT2D eigenvalue weighted by Gasteiger charge is -2.26. The van der Waals surface area contributed by atoms with Crippen LogP contribution in [0.2, 0.25) is 0 Å². The smallest absolute Gasteiger partial charge is 0.283 e. The van der Waals surface area contributed by atoms with Crippen LogP contribution < -0.4 is 0 Å². The molecule has 3 aliphatic heterocycles. The molecule has 36 heavy (non-hydrogen) atoms. The summed E-state index contributed by atoms with van der Waals surface area (Å²) in [4.78, 5) is 31.7. The van der Waals surface area contributed by atoms with Gasteiger partial charge < -0.3 is 9.47 Å². The van der Waals surface area contributed by atoms with E-state index in [1.165, 1.54) is 27.9 Å². The first-order valence-electron chi connectivity index (χ1n) is 12.3. The molecule has 4 heterocycles. The lowest BCUT2D eigenvalue weighted by molar-refractivity contribution is -0.130. The summed E-state index contributed by atoms with van der Waals surface area (Å²) in [7, 11) is 0. The maximum atomic E-state index is 12.9. The predicted molar refractivity (Wildman–Crippen MR) is 145 cm³/mol. The number of thioether (sulfide) groups is 1. The number of rotatable bonds is 4. The normalized spacial score (nSPS) is 19.1. The van der Waals surface area contributed by atoms with Crippen molar-refractivity contribution in [3.63, 3.8) is 0 Å². The third-order valence-corrected chi connectivity index (χ3v) is 8.00. The fourth-order valence-electron chi connectivity index (χ4n) is 4.93. The van der Waals surface area contributed by atoms with Gasteiger partial charge in [0.05, 0.1) is 12.0 Å². The number of amides is 2. The van der Waals surface area contributed by atoms with E-state index in [2.05, 4.69) is 40.6 Å². The van der Waals surface area contributed by atoms with Crippen LogP contribution >= 0.6 is 11.8 Å². The molecule has 8 nitrogen and oxygen atoms in total. The van der Waals surface area contributed by atoms with E-state index >= 15 is 0 Å². The molecule has 1 fully saturated rings. The minimum absolute atomic E-state index is 0.0190. The van der Waals surface area contributed by atoms with Crippen LogP contribution in [0.3, 0.4) is 0 Å². The molecule has 2 amide bonds. The predicted octanol–water partition coefficient (Wildman–Crippen LogP) is 4.73. The highest BCUT2D eigenvalue weighted by atomic mass is 32.2. The number of carbonyl (C=O) groups excluding carboxylic acids is 2. The third kappa shape index (κ3) is 4.32. The van der Waals surface area contributed by atoms with E-state index < -0.39 is 5.91 Å². The van der Waals surface area contributed by atoms with Crippen molar-refractivity contribution in [3.05, 3.63) is 57.9 Å². The number of benzene rings is 1. The van der Waals surface area contributed by atoms with Crippen LogP contribution in [0.1, 0.15) is 53.8 Å². The molecule has 2 aromatic rings. The molecule has 0 bridgehead atoms. The number of aromatic nitrogens is 1. The molecular weight excluding hydrogens is 472 g/mol. The molecule has 0 atom stereocenters. The SMILES string of the molecule is Cc1cccc(-n2c(C)cc(/C=C3\C(=N)N4N=C(CC(=O)N5CCCCC5)SC4=NC3=O)c2C)c1C. The van der Waals surface area contributed by atoms with Gasteiger partial charge in [0.15, 0.2) is 5.84 Å². The summed E-state index contributed by atoms with van der Waals surface area (Å²) in [6, 6.07) is 8.25. The van der Waals surface area contributed by atoms with Gasteiger partial charge in [0.1, 0.15) is 5.04 Å². The number of carbonyl (C=O) groups is 2. The van der Waals surface area contributed by atoms with E-state index in [-0.39, 0.29) is 23.7 Å². The maximum Gasteiger partial charge on any atom is 0.283 e. The van der Waals surface area contributed by atoms with Gasteiger partial charge in [-0.05, 0) is 93.6 Å². The van der Waals surface area contributed by atoms with Crippen molar-refractivity contribution < 1.29 is 9.59 Å². The minimum atomic E-state index is -0.464. The fraction of sp³-hybridized carbons (Fsp3) is 0.370. The molecule has 9 heteroatoms. The first-order valence-corrected chi connectivity index (χ1v) is 13.1. The van der Waals surface area contributed by atoms with Gasteiger partial charge in [-0.1, -0.05) is 12.1 Å². The summed E-state index contributed by atoms with van der Waals surface area (Å²) in [5, 5.41) is 15.5. The molecule has 1 aromatic heterocycles. The molecule has 5 rings (SSSR count). The van der Waals surface area contributed by atoms with Crippen LogP contribution in [0.15, 0.2) is 39.9 Å². The monoisotopic (exact) mass is 502 g/mol. The fourth-order valence-corrected chi connectivity index (χ4v) is 5.80. The van der Waals surface area contributed by atoms with Crippen LogP contribution in [0.5, 0.6) is 0 Å². The molecule has 1 N–H and O–H groups in total. The molecule has 3 aliphatic rings. The summed E-state index contributed by atoms with van der Waals surface area (Å²) < 4.78 is 2.18. The highest BCUT2D eigenvalue weighted by Crippen LogP contribution is 2.31. The number of aryl methyl sites for hydroxylation is 2. The van der Waals surface area contributed by atoms with Crippen molar-refractivity contribution in [1.29, 1.82) is 5.41 Å². The van der Waals surface area contributed by atoms with Gasteiger partial charge >= 0.3 is 0 Å². The summed E-state index contributed by atoms with van der Waals surface area (Å²) in [5.74, 6) is -0.447. The van der Waals surface area contributed by atoms with E-state index in [0.717, 1.165) is 55.0 Å². The topological polar surface area (TPSA) is 94.1 Å². The Morgan fingerprint density at radius 2 is 1.89 bits per heavy atom. The van der Waals surface area contributed by atoms with Gasteiger partial charge in [0.2, 0.25) is 11.1 Å². The first-order chi connectivity index (χ1) is 17.2. The van der Waals surface area contributed by atoms with Crippen LogP contribution in [-0.4, -0.2) is 55.4 Å². The summed E-state index contributed by atoms with van der Waals surface area (Å²) in [6.07, 6.45) is 5.11. The average Bonchev–Trinajstić information content (AvgIpc) is 3.38. The number of likely N-dealkylation sites (tertiary alicyclic amines) is 1. The number of amidine groups is 2. The van der Waals surface area contributed by atoms with E-state index in [1.54, 1.807) is 6.08 Å². The van der Waals surface area contributed by atoms with Crippen molar-refractivity contribution in [1.82, 2.24) is 14.5 Å². The van der Waals surface area contributed by atoms with Gasteiger partial charge in [-0.25, -0.2) is 0 Å². The van der Waals surface area contributed by atoms with Crippen molar-refractivity contribution in [2.75, 3.05) is 13.1 Å². The van der Waals surface area contributed by atoms with Crippen LogP contribution in [-0.2, 0) is 9.59 Å². The molecule has 0 saturated carbocycles. The first kappa shape index (κ1) is 24.2. The standard InChI is InChI=1S/C27H30N6O2S/c1-16-9-8-10-22(18(16)3)32-17(2)13-20(19(32)4)14-21-25(28)33-27(29-26(21)35)36-23(30-33)15-24(34)31-11-6-5-7-12-31/h8-10,13-14,28H,5-7,11-12,15H2,1-4H3/b21-14+,28-25?. The van der Waals surface area contributed by atoms with Gasteiger partial charge in [0, 0.05) is 30.2 Å². The zero-order valence-electron chi connectivity index (χ0n) is 21.1. The summed E-state index contributed by atoms with van der Waals surface area (Å²) >= 11 is 1.20. The van der Waals surface area contributed by atoms with Gasteiger partial charge in [0.25, 0.3) is 5.91 Å². The van der Waals surface area contributed by atoms with Crippen molar-refractivity contribution in [2.24, 2.45) is 10.1 Å². The lowest BCUT2D eigenvalue weighted by atomic mass is 10.1. The Bertz CT molecular complexity index is 1380. The largest absolute Gasteiger partial charge is 0.342 e. The van der Waals surface area contributed by atoms with Crippen molar-refractivity contribution in [3.8, 4) is 5.69 Å². The molecular formula is C27H30N6O2S. The lowest BCUT2D eigenvalue weighted by Crippen LogP contribution is -2.36. The maximum absolute atomic E-state index is 12.9. The van der Waals surface area contributed by atoms with Gasteiger partial charge in [-0.3, -0.25) is 15.0 Å². The molecule has 1 aromatic carbocycles. The van der Waals surface area contributed by atoms with E-state index in [4.69, 9.17) is 5.41 Å². The second-order valence-electron chi connectivity index (χ2n) is 9.51. The number of hydrogen-bond donors (Lipinski definition) is 1. The highest BCUT2D eigenvalue weighted by Gasteiger charge is 2.36. The molecule has 0 unspecified atom stereocenters. The quantitative estimate of drug-likeness (QED) is 0.612. The van der Waals surface area contributed by atoms with Crippen LogP contribution in [0, 0.1) is 33.1 Å². The second kappa shape index (κ2) is 9.54. The number of hydrazone groups is 1. The van der Waals surface area contributed by atoms with E-state index in [0.29, 0.717) is 10.2 Å². The number of nitrogens with zero attached hydrogens (tertiary/aromatic N) is 5. The summed E-state index contributed by atoms with van der Waals surface area (Å²) in [5.41, 5.74) is 6.58. The van der Waals surface area contributed by atoms with E-state index in [9.17, 15) is 9.59 Å². The number of fused-ring (bicyclic) bond motifs is 1. The molecule has 186 valence electrons. The Balaban J connectivity index is 1.41. The molecule has 0 spiro atoms.